The lowest BCUT2D eigenvalue weighted by Crippen LogP contribution is -2.96. The van der Waals surface area contributed by atoms with Crippen molar-refractivity contribution in [1.82, 2.24) is 0 Å². The first-order valence-corrected chi connectivity index (χ1v) is 2.42. The smallest absolute Gasteiger partial charge is 0.293 e. The predicted octanol–water partition coefficient (Wildman–Crippen LogP) is -0.795. The molecule has 5 nitrogen and oxygen atoms in total. The van der Waals surface area contributed by atoms with Gasteiger partial charge in [-0.2, -0.15) is 5.00 Å². The highest BCUT2D eigenvalue weighted by molar-refractivity contribution is 7.28. The van der Waals surface area contributed by atoms with Gasteiger partial charge >= 0.3 is 0 Å². The molecule has 0 rings (SSSR count). The lowest BCUT2D eigenvalue weighted by atomic mass is 11.7. The van der Waals surface area contributed by atoms with E-state index in [0.29, 0.717) is 0 Å². The molecule has 7 heavy (non-hydrogen) atoms. The van der Waals surface area contributed by atoms with Gasteiger partial charge in [0.05, 0.1) is 7.11 Å². The summed E-state index contributed by atoms with van der Waals surface area (Å²) in [7, 11) is 0.606. The van der Waals surface area contributed by atoms with Crippen molar-refractivity contribution in [3.8, 4) is 0 Å². The van der Waals surface area contributed by atoms with Gasteiger partial charge in [0.15, 0.2) is 0 Å². The zero-order valence-corrected chi connectivity index (χ0v) is 4.67. The van der Waals surface area contributed by atoms with Gasteiger partial charge in [0.25, 0.3) is 8.88 Å². The minimum atomic E-state index is -0.603. The zero-order chi connectivity index (χ0) is 5.70. The van der Waals surface area contributed by atoms with Crippen LogP contribution in [0.25, 0.3) is 0 Å². The van der Waals surface area contributed by atoms with E-state index in [2.05, 4.69) is 9.78 Å². The Morgan fingerprint density at radius 2 is 2.57 bits per heavy atom. The molecule has 0 heterocycles. The average molecular weight is 124 g/mol. The molecule has 0 aliphatic carbocycles. The van der Waals surface area contributed by atoms with Crippen molar-refractivity contribution in [1.29, 1.82) is 0 Å². The first kappa shape index (κ1) is 6.91. The van der Waals surface area contributed by atoms with E-state index in [4.69, 9.17) is 0 Å². The molecule has 0 aliphatic heterocycles. The van der Waals surface area contributed by atoms with Crippen LogP contribution in [0.5, 0.6) is 0 Å². The molecule has 0 spiro atoms. The lowest BCUT2D eigenvalue weighted by molar-refractivity contribution is -0.936. The van der Waals surface area contributed by atoms with Crippen LogP contribution in [0.4, 0.5) is 0 Å². The van der Waals surface area contributed by atoms with Crippen LogP contribution in [0.2, 0.25) is 0 Å². The van der Waals surface area contributed by atoms with E-state index in [1.165, 1.54) is 7.11 Å². The van der Waals surface area contributed by atoms with E-state index >= 15 is 0 Å². The number of hydrogen-bond donors (Lipinski definition) is 1. The van der Waals surface area contributed by atoms with Crippen molar-refractivity contribution in [2.45, 2.75) is 0 Å². The van der Waals surface area contributed by atoms with E-state index in [9.17, 15) is 10.1 Å². The van der Waals surface area contributed by atoms with Gasteiger partial charge in [-0.25, -0.2) is 4.84 Å². The van der Waals surface area contributed by atoms with E-state index in [0.717, 1.165) is 0 Å². The Bertz CT molecular complexity index is 58.9. The maximum absolute atomic E-state index is 9.91. The average Bonchev–Trinajstić information content (AvgIpc) is 1.68. The second kappa shape index (κ2) is 4.08. The van der Waals surface area contributed by atoms with Crippen molar-refractivity contribution in [3.63, 3.8) is 0 Å². The molecule has 0 aromatic heterocycles. The minimum Gasteiger partial charge on any atom is -0.598 e. The molecule has 0 saturated carbocycles. The quantitative estimate of drug-likeness (QED) is 0.304. The second-order valence-corrected chi connectivity index (χ2v) is 1.51. The van der Waals surface area contributed by atoms with Crippen molar-refractivity contribution in [2.75, 3.05) is 7.11 Å². The van der Waals surface area contributed by atoms with Gasteiger partial charge in [-0.3, -0.25) is 0 Å². The fraction of sp³-hybridized carbons (Fsp3) is 1.00. The zero-order valence-electron chi connectivity index (χ0n) is 3.67. The van der Waals surface area contributed by atoms with Crippen LogP contribution in [0.1, 0.15) is 0 Å². The number of nitrogens with one attached hydrogen (secondary N) is 1. The fourth-order valence-corrected chi connectivity index (χ4v) is 0.249. The predicted molar refractivity (Wildman–Crippen MR) is 25.4 cm³/mol. The molecular weight excluding hydrogens is 119 g/mol. The number of quaternary nitrogens is 1. The molecule has 1 N–H and O–H groups in total. The Hall–Kier alpha value is -0.0900. The van der Waals surface area contributed by atoms with Crippen molar-refractivity contribution < 1.29 is 9.83 Å². The lowest BCUT2D eigenvalue weighted by Gasteiger charge is -2.10. The van der Waals surface area contributed by atoms with Gasteiger partial charge in [0.1, 0.15) is 0 Å². The molecule has 0 bridgehead atoms. The molecule has 0 amide bonds. The Kier molecular flexibility index (Phi) is 4.03. The number of rotatable bonds is 3. The van der Waals surface area contributed by atoms with E-state index < -0.39 is 13.9 Å². The van der Waals surface area contributed by atoms with Crippen molar-refractivity contribution in [3.05, 3.63) is 10.1 Å². The molecule has 6 heteroatoms. The first-order chi connectivity index (χ1) is 3.31. The third-order valence-electron chi connectivity index (χ3n) is 0.322. The van der Waals surface area contributed by atoms with Crippen LogP contribution >= 0.6 is 8.88 Å². The van der Waals surface area contributed by atoms with Gasteiger partial charge in [0, 0.05) is 4.95 Å². The van der Waals surface area contributed by atoms with E-state index in [-0.39, 0.29) is 0 Å². The maximum atomic E-state index is 9.91. The molecule has 0 saturated heterocycles. The van der Waals surface area contributed by atoms with Gasteiger partial charge in [-0.05, 0) is 0 Å². The van der Waals surface area contributed by atoms with Crippen LogP contribution in [0.15, 0.2) is 4.95 Å². The standard InChI is InChI=1S/CH5N2O3P/c1-6-3(5)7-2-4/h3,7H,1H3. The molecule has 2 unspecified atom stereocenters. The Morgan fingerprint density at radius 3 is 2.71 bits per heavy atom. The van der Waals surface area contributed by atoms with E-state index in [1.54, 1.807) is 0 Å². The van der Waals surface area contributed by atoms with Crippen LogP contribution in [0, 0.1) is 10.1 Å². The molecule has 42 valence electrons. The minimum absolute atomic E-state index is 0.574. The third kappa shape index (κ3) is 3.75. The molecule has 0 aromatic rings. The normalized spacial score (nSPS) is 15.1. The first-order valence-electron chi connectivity index (χ1n) is 1.47. The van der Waals surface area contributed by atoms with Crippen LogP contribution < -0.4 is 5.00 Å². The number of nitrogens with zero attached hydrogens (tertiary/aromatic N) is 1. The summed E-state index contributed by atoms with van der Waals surface area (Å²) in [6, 6.07) is 0. The molecule has 2 atom stereocenters. The number of hydrogen-bond acceptors (Lipinski definition) is 4. The summed E-state index contributed by atoms with van der Waals surface area (Å²) >= 11 is 0. The van der Waals surface area contributed by atoms with Crippen molar-refractivity contribution in [2.24, 2.45) is 4.95 Å². The summed E-state index contributed by atoms with van der Waals surface area (Å²) in [5, 5.41) is 9.91. The van der Waals surface area contributed by atoms with Gasteiger partial charge in [-0.1, -0.05) is 0 Å². The Labute approximate surface area is 42.0 Å². The summed E-state index contributed by atoms with van der Waals surface area (Å²) in [5.74, 6) is 0. The highest BCUT2D eigenvalue weighted by Crippen LogP contribution is 1.92. The largest absolute Gasteiger partial charge is 0.598 e. The molecule has 0 aliphatic rings. The van der Waals surface area contributed by atoms with Crippen LogP contribution in [-0.4, -0.2) is 7.11 Å². The summed E-state index contributed by atoms with van der Waals surface area (Å²) in [6.07, 6.45) is 0. The topological polar surface area (TPSA) is 66.2 Å². The second-order valence-electron chi connectivity index (χ2n) is 0.695. The third-order valence-corrected chi connectivity index (χ3v) is 0.800. The monoisotopic (exact) mass is 124 g/mol. The van der Waals surface area contributed by atoms with Gasteiger partial charge in [-0.15, -0.1) is 4.91 Å². The van der Waals surface area contributed by atoms with Crippen LogP contribution in [0.3, 0.4) is 0 Å². The highest BCUT2D eigenvalue weighted by atomic mass is 31.1. The van der Waals surface area contributed by atoms with Gasteiger partial charge < -0.3 is 5.21 Å². The summed E-state index contributed by atoms with van der Waals surface area (Å²) in [4.78, 5) is 15.0. The molecule has 0 aromatic carbocycles. The van der Waals surface area contributed by atoms with Gasteiger partial charge in [0.2, 0.25) is 0 Å². The fourth-order valence-electron chi connectivity index (χ4n) is 0.0829. The Morgan fingerprint density at radius 1 is 2.00 bits per heavy atom. The van der Waals surface area contributed by atoms with Crippen molar-refractivity contribution >= 4 is 8.88 Å². The maximum Gasteiger partial charge on any atom is 0.293 e. The molecular formula is CH5N2O3P. The molecule has 0 fully saturated rings. The summed E-state index contributed by atoms with van der Waals surface area (Å²) in [6.45, 7) is 0. The number of nitroso groups, excluding NO2 is 1. The van der Waals surface area contributed by atoms with E-state index in [1.807, 2.05) is 0 Å². The summed E-state index contributed by atoms with van der Waals surface area (Å²) in [5.41, 5.74) is 0. The van der Waals surface area contributed by atoms with Crippen LogP contribution in [-0.2, 0) is 4.84 Å². The molecule has 0 radical (unpaired) electrons. The summed E-state index contributed by atoms with van der Waals surface area (Å²) < 4.78 is 0. The Balaban J connectivity index is 2.98. The SMILES string of the molecule is CO[NH+]([O-])PN=O. The highest BCUT2D eigenvalue weighted by Gasteiger charge is 1.89.